The maximum atomic E-state index is 12.5. The number of hydrogen-bond donors (Lipinski definition) is 1. The van der Waals surface area contributed by atoms with Crippen molar-refractivity contribution in [1.82, 2.24) is 4.90 Å². The van der Waals surface area contributed by atoms with Crippen molar-refractivity contribution in [3.63, 3.8) is 0 Å². The molecule has 2 nitrogen and oxygen atoms in total. The van der Waals surface area contributed by atoms with E-state index in [1.807, 2.05) is 26.0 Å². The van der Waals surface area contributed by atoms with Crippen LogP contribution < -0.4 is 5.73 Å². The van der Waals surface area contributed by atoms with Gasteiger partial charge in [0.25, 0.3) is 0 Å². The van der Waals surface area contributed by atoms with Crippen molar-refractivity contribution >= 4 is 5.69 Å². The molecule has 0 amide bonds. The molecule has 5 heteroatoms. The van der Waals surface area contributed by atoms with Crippen molar-refractivity contribution in [3.8, 4) is 0 Å². The molecular formula is C14H21F3N2. The number of hydrogen-bond acceptors (Lipinski definition) is 2. The lowest BCUT2D eigenvalue weighted by Crippen LogP contribution is -2.42. The number of alkyl halides is 3. The number of rotatable bonds is 5. The molecule has 0 unspecified atom stereocenters. The van der Waals surface area contributed by atoms with Crippen molar-refractivity contribution in [1.29, 1.82) is 0 Å². The average molecular weight is 274 g/mol. The Morgan fingerprint density at radius 1 is 1.05 bits per heavy atom. The Morgan fingerprint density at radius 3 is 2.00 bits per heavy atom. The van der Waals surface area contributed by atoms with E-state index in [0.717, 1.165) is 5.56 Å². The highest BCUT2D eigenvalue weighted by Gasteiger charge is 2.33. The van der Waals surface area contributed by atoms with E-state index in [0.29, 0.717) is 18.8 Å². The van der Waals surface area contributed by atoms with E-state index < -0.39 is 12.7 Å². The van der Waals surface area contributed by atoms with Crippen LogP contribution in [0, 0.1) is 0 Å². The first-order valence-electron chi connectivity index (χ1n) is 6.29. The van der Waals surface area contributed by atoms with Crippen LogP contribution in [0.2, 0.25) is 0 Å². The largest absolute Gasteiger partial charge is 0.401 e. The van der Waals surface area contributed by atoms with E-state index in [-0.39, 0.29) is 5.41 Å². The molecule has 0 radical (unpaired) electrons. The monoisotopic (exact) mass is 274 g/mol. The minimum atomic E-state index is -4.16. The summed E-state index contributed by atoms with van der Waals surface area (Å²) in [5.41, 5.74) is 6.91. The van der Waals surface area contributed by atoms with Gasteiger partial charge in [-0.05, 0) is 24.2 Å². The van der Waals surface area contributed by atoms with Crippen LogP contribution in [-0.2, 0) is 5.41 Å². The lowest BCUT2D eigenvalue weighted by molar-refractivity contribution is -0.146. The highest BCUT2D eigenvalue weighted by Crippen LogP contribution is 2.26. The van der Waals surface area contributed by atoms with Crippen molar-refractivity contribution in [2.24, 2.45) is 0 Å². The molecule has 0 spiro atoms. The third-order valence-corrected chi connectivity index (χ3v) is 3.16. The molecule has 0 aliphatic heterocycles. The quantitative estimate of drug-likeness (QED) is 0.833. The van der Waals surface area contributed by atoms with Crippen LogP contribution in [-0.4, -0.2) is 30.7 Å². The average Bonchev–Trinajstić information content (AvgIpc) is 2.26. The van der Waals surface area contributed by atoms with Gasteiger partial charge in [-0.3, -0.25) is 4.90 Å². The molecule has 0 aliphatic carbocycles. The zero-order chi connectivity index (χ0) is 14.7. The fraction of sp³-hybridized carbons (Fsp3) is 0.571. The Balaban J connectivity index is 2.79. The Labute approximate surface area is 112 Å². The predicted octanol–water partition coefficient (Wildman–Crippen LogP) is 3.43. The first kappa shape index (κ1) is 15.8. The summed E-state index contributed by atoms with van der Waals surface area (Å²) in [6.07, 6.45) is -4.16. The molecule has 0 saturated carbocycles. The van der Waals surface area contributed by atoms with E-state index in [1.165, 1.54) is 4.90 Å². The predicted molar refractivity (Wildman–Crippen MR) is 72.0 cm³/mol. The van der Waals surface area contributed by atoms with E-state index in [1.54, 1.807) is 19.1 Å². The van der Waals surface area contributed by atoms with Crippen LogP contribution in [0.25, 0.3) is 0 Å². The molecular weight excluding hydrogens is 253 g/mol. The van der Waals surface area contributed by atoms with Crippen LogP contribution in [0.15, 0.2) is 24.3 Å². The maximum Gasteiger partial charge on any atom is 0.401 e. The van der Waals surface area contributed by atoms with Crippen LogP contribution >= 0.6 is 0 Å². The summed E-state index contributed by atoms with van der Waals surface area (Å²) in [5.74, 6) is 0. The summed E-state index contributed by atoms with van der Waals surface area (Å²) in [5, 5.41) is 0. The molecule has 1 rings (SSSR count). The topological polar surface area (TPSA) is 29.3 Å². The van der Waals surface area contributed by atoms with E-state index in [2.05, 4.69) is 0 Å². The molecule has 0 saturated heterocycles. The Hall–Kier alpha value is -1.23. The van der Waals surface area contributed by atoms with Gasteiger partial charge in [0.2, 0.25) is 0 Å². The number of halogens is 3. The van der Waals surface area contributed by atoms with E-state index in [9.17, 15) is 13.2 Å². The minimum absolute atomic E-state index is 0.352. The summed E-state index contributed by atoms with van der Waals surface area (Å²) in [6, 6.07) is 7.29. The highest BCUT2D eigenvalue weighted by atomic mass is 19.4. The Bertz CT molecular complexity index is 396. The number of nitrogens with two attached hydrogens (primary N) is 1. The third-order valence-electron chi connectivity index (χ3n) is 3.16. The SMILES string of the molecule is CCN(CC(F)(F)F)CC(C)(C)c1ccc(N)cc1. The van der Waals surface area contributed by atoms with Gasteiger partial charge >= 0.3 is 6.18 Å². The standard InChI is InChI=1S/C14H21F3N2/c1-4-19(10-14(15,16)17)9-13(2,3)11-5-7-12(18)8-6-11/h5-8H,4,9-10,18H2,1-3H3. The zero-order valence-corrected chi connectivity index (χ0v) is 11.6. The smallest absolute Gasteiger partial charge is 0.399 e. The van der Waals surface area contributed by atoms with Crippen molar-refractivity contribution in [2.75, 3.05) is 25.4 Å². The van der Waals surface area contributed by atoms with Crippen molar-refractivity contribution in [2.45, 2.75) is 32.4 Å². The molecule has 0 heterocycles. The number of nitrogen functional groups attached to an aromatic ring is 1. The lowest BCUT2D eigenvalue weighted by Gasteiger charge is -2.33. The van der Waals surface area contributed by atoms with Crippen LogP contribution in [0.4, 0.5) is 18.9 Å². The third kappa shape index (κ3) is 5.11. The van der Waals surface area contributed by atoms with Crippen LogP contribution in [0.5, 0.6) is 0 Å². The van der Waals surface area contributed by atoms with Crippen molar-refractivity contribution in [3.05, 3.63) is 29.8 Å². The lowest BCUT2D eigenvalue weighted by atomic mass is 9.84. The molecule has 0 atom stereocenters. The number of benzene rings is 1. The van der Waals surface area contributed by atoms with E-state index in [4.69, 9.17) is 5.73 Å². The van der Waals surface area contributed by atoms with Gasteiger partial charge in [0.05, 0.1) is 6.54 Å². The van der Waals surface area contributed by atoms with Crippen LogP contribution in [0.3, 0.4) is 0 Å². The van der Waals surface area contributed by atoms with Gasteiger partial charge in [0, 0.05) is 17.6 Å². The van der Waals surface area contributed by atoms with Crippen molar-refractivity contribution < 1.29 is 13.2 Å². The molecule has 0 aromatic heterocycles. The zero-order valence-electron chi connectivity index (χ0n) is 11.6. The van der Waals surface area contributed by atoms with Gasteiger partial charge in [0.1, 0.15) is 0 Å². The molecule has 0 bridgehead atoms. The maximum absolute atomic E-state index is 12.5. The molecule has 19 heavy (non-hydrogen) atoms. The fourth-order valence-corrected chi connectivity index (χ4v) is 2.12. The van der Waals surface area contributed by atoms with Gasteiger partial charge in [0.15, 0.2) is 0 Å². The Kier molecular flexibility index (Phi) is 4.85. The number of nitrogens with zero attached hydrogens (tertiary/aromatic N) is 1. The summed E-state index contributed by atoms with van der Waals surface area (Å²) < 4.78 is 37.4. The fourth-order valence-electron chi connectivity index (χ4n) is 2.12. The van der Waals surface area contributed by atoms with Gasteiger partial charge in [-0.2, -0.15) is 13.2 Å². The van der Waals surface area contributed by atoms with Gasteiger partial charge in [-0.25, -0.2) is 0 Å². The van der Waals surface area contributed by atoms with E-state index >= 15 is 0 Å². The molecule has 0 aliphatic rings. The second-order valence-electron chi connectivity index (χ2n) is 5.42. The van der Waals surface area contributed by atoms with Crippen LogP contribution in [0.1, 0.15) is 26.3 Å². The summed E-state index contributed by atoms with van der Waals surface area (Å²) in [7, 11) is 0. The second kappa shape index (κ2) is 5.82. The number of anilines is 1. The summed E-state index contributed by atoms with van der Waals surface area (Å²) >= 11 is 0. The highest BCUT2D eigenvalue weighted by molar-refractivity contribution is 5.41. The van der Waals surface area contributed by atoms with Gasteiger partial charge in [-0.15, -0.1) is 0 Å². The summed E-state index contributed by atoms with van der Waals surface area (Å²) in [6.45, 7) is 5.48. The Morgan fingerprint density at radius 2 is 1.58 bits per heavy atom. The van der Waals surface area contributed by atoms with Gasteiger partial charge < -0.3 is 5.73 Å². The molecule has 2 N–H and O–H groups in total. The molecule has 0 fully saturated rings. The normalized spacial score (nSPS) is 13.0. The van der Waals surface area contributed by atoms with Gasteiger partial charge in [-0.1, -0.05) is 32.9 Å². The molecule has 1 aromatic rings. The molecule has 1 aromatic carbocycles. The summed E-state index contributed by atoms with van der Waals surface area (Å²) in [4.78, 5) is 1.41. The second-order valence-corrected chi connectivity index (χ2v) is 5.42. The molecule has 108 valence electrons. The first-order chi connectivity index (χ1) is 8.64. The first-order valence-corrected chi connectivity index (χ1v) is 6.29. The number of likely N-dealkylation sites (N-methyl/N-ethyl adjacent to an activating group) is 1. The minimum Gasteiger partial charge on any atom is -0.399 e.